The molecule has 0 radical (unpaired) electrons. The van der Waals surface area contributed by atoms with E-state index in [2.05, 4.69) is 22.8 Å². The summed E-state index contributed by atoms with van der Waals surface area (Å²) in [5.41, 5.74) is 0. The second kappa shape index (κ2) is 4.79. The molecule has 2 aliphatic rings. The van der Waals surface area contributed by atoms with Crippen LogP contribution in [-0.2, 0) is 4.79 Å². The molecule has 0 aromatic carbocycles. The first-order valence-corrected chi connectivity index (χ1v) is 5.93. The summed E-state index contributed by atoms with van der Waals surface area (Å²) in [7, 11) is 0. The van der Waals surface area contributed by atoms with Gasteiger partial charge in [0, 0.05) is 12.0 Å². The SMILES string of the molecule is CC(C(=O)NC1CC=CCC1)C1CNC1. The predicted molar refractivity (Wildman–Crippen MR) is 60.4 cm³/mol. The Morgan fingerprint density at radius 3 is 2.80 bits per heavy atom. The van der Waals surface area contributed by atoms with Gasteiger partial charge in [-0.3, -0.25) is 4.79 Å². The number of rotatable bonds is 3. The van der Waals surface area contributed by atoms with E-state index < -0.39 is 0 Å². The fraction of sp³-hybridized carbons (Fsp3) is 0.750. The van der Waals surface area contributed by atoms with Crippen molar-refractivity contribution in [1.82, 2.24) is 10.6 Å². The number of allylic oxidation sites excluding steroid dienone is 1. The zero-order valence-electron chi connectivity index (χ0n) is 9.33. The van der Waals surface area contributed by atoms with Crippen molar-refractivity contribution in [3.8, 4) is 0 Å². The fourth-order valence-electron chi connectivity index (χ4n) is 2.14. The fourth-order valence-corrected chi connectivity index (χ4v) is 2.14. The third-order valence-electron chi connectivity index (χ3n) is 3.55. The van der Waals surface area contributed by atoms with E-state index in [1.807, 2.05) is 6.92 Å². The molecule has 15 heavy (non-hydrogen) atoms. The first kappa shape index (κ1) is 10.7. The van der Waals surface area contributed by atoms with Gasteiger partial charge in [0.2, 0.25) is 5.91 Å². The van der Waals surface area contributed by atoms with Crippen molar-refractivity contribution < 1.29 is 4.79 Å². The van der Waals surface area contributed by atoms with E-state index in [0.717, 1.165) is 32.4 Å². The van der Waals surface area contributed by atoms with Gasteiger partial charge in [0.05, 0.1) is 0 Å². The number of hydrogen-bond donors (Lipinski definition) is 2. The maximum atomic E-state index is 11.9. The highest BCUT2D eigenvalue weighted by molar-refractivity contribution is 5.79. The zero-order chi connectivity index (χ0) is 10.7. The van der Waals surface area contributed by atoms with Gasteiger partial charge in [0.1, 0.15) is 0 Å². The standard InChI is InChI=1S/C12H20N2O/c1-9(10-7-13-8-10)12(15)14-11-5-3-2-4-6-11/h2-3,9-11,13H,4-8H2,1H3,(H,14,15). The van der Waals surface area contributed by atoms with Crippen molar-refractivity contribution >= 4 is 5.91 Å². The summed E-state index contributed by atoms with van der Waals surface area (Å²) < 4.78 is 0. The van der Waals surface area contributed by atoms with Gasteiger partial charge in [0.25, 0.3) is 0 Å². The first-order valence-electron chi connectivity index (χ1n) is 5.93. The maximum absolute atomic E-state index is 11.9. The third-order valence-corrected chi connectivity index (χ3v) is 3.55. The van der Waals surface area contributed by atoms with Crippen LogP contribution in [0.1, 0.15) is 26.2 Å². The molecular formula is C12H20N2O. The lowest BCUT2D eigenvalue weighted by Crippen LogP contribution is -2.51. The van der Waals surface area contributed by atoms with E-state index >= 15 is 0 Å². The molecule has 0 aromatic heterocycles. The van der Waals surface area contributed by atoms with Gasteiger partial charge in [-0.15, -0.1) is 0 Å². The molecule has 0 bridgehead atoms. The first-order chi connectivity index (χ1) is 7.27. The molecule has 0 spiro atoms. The largest absolute Gasteiger partial charge is 0.353 e. The summed E-state index contributed by atoms with van der Waals surface area (Å²) in [6.07, 6.45) is 7.56. The van der Waals surface area contributed by atoms with E-state index in [4.69, 9.17) is 0 Å². The van der Waals surface area contributed by atoms with Gasteiger partial charge in [0.15, 0.2) is 0 Å². The molecule has 1 fully saturated rings. The molecule has 2 N–H and O–H groups in total. The highest BCUT2D eigenvalue weighted by Gasteiger charge is 2.29. The summed E-state index contributed by atoms with van der Waals surface area (Å²) >= 11 is 0. The molecule has 2 rings (SSSR count). The molecule has 3 heteroatoms. The molecule has 0 aromatic rings. The van der Waals surface area contributed by atoms with Crippen molar-refractivity contribution in [1.29, 1.82) is 0 Å². The van der Waals surface area contributed by atoms with Crippen molar-refractivity contribution in [3.63, 3.8) is 0 Å². The van der Waals surface area contributed by atoms with E-state index in [1.165, 1.54) is 0 Å². The summed E-state index contributed by atoms with van der Waals surface area (Å²) in [4.78, 5) is 11.9. The third kappa shape index (κ3) is 2.59. The van der Waals surface area contributed by atoms with Gasteiger partial charge in [-0.05, 0) is 38.3 Å². The topological polar surface area (TPSA) is 41.1 Å². The van der Waals surface area contributed by atoms with Crippen LogP contribution >= 0.6 is 0 Å². The molecule has 0 saturated carbocycles. The highest BCUT2D eigenvalue weighted by atomic mass is 16.1. The van der Waals surface area contributed by atoms with Crippen molar-refractivity contribution in [2.24, 2.45) is 11.8 Å². The number of nitrogens with one attached hydrogen (secondary N) is 2. The number of hydrogen-bond acceptors (Lipinski definition) is 2. The van der Waals surface area contributed by atoms with Crippen LogP contribution in [0.25, 0.3) is 0 Å². The van der Waals surface area contributed by atoms with Crippen LogP contribution in [0, 0.1) is 11.8 Å². The Balaban J connectivity index is 1.77. The Kier molecular flexibility index (Phi) is 3.41. The van der Waals surface area contributed by atoms with Crippen molar-refractivity contribution in [3.05, 3.63) is 12.2 Å². The lowest BCUT2D eigenvalue weighted by atomic mass is 9.88. The molecule has 1 aliphatic heterocycles. The van der Waals surface area contributed by atoms with Crippen molar-refractivity contribution in [2.75, 3.05) is 13.1 Å². The normalized spacial score (nSPS) is 28.2. The Morgan fingerprint density at radius 1 is 1.47 bits per heavy atom. The monoisotopic (exact) mass is 208 g/mol. The minimum Gasteiger partial charge on any atom is -0.353 e. The maximum Gasteiger partial charge on any atom is 0.223 e. The van der Waals surface area contributed by atoms with Crippen LogP contribution < -0.4 is 10.6 Å². The van der Waals surface area contributed by atoms with Gasteiger partial charge < -0.3 is 10.6 Å². The van der Waals surface area contributed by atoms with Crippen molar-refractivity contribution in [2.45, 2.75) is 32.2 Å². The molecule has 1 amide bonds. The molecule has 1 aliphatic carbocycles. The highest BCUT2D eigenvalue weighted by Crippen LogP contribution is 2.17. The summed E-state index contributed by atoms with van der Waals surface area (Å²) in [6, 6.07) is 0.373. The second-order valence-corrected chi connectivity index (χ2v) is 4.70. The minimum atomic E-state index is 0.164. The van der Waals surface area contributed by atoms with Gasteiger partial charge in [-0.2, -0.15) is 0 Å². The molecule has 1 saturated heterocycles. The van der Waals surface area contributed by atoms with Crippen LogP contribution in [0.5, 0.6) is 0 Å². The molecule has 2 unspecified atom stereocenters. The quantitative estimate of drug-likeness (QED) is 0.681. The van der Waals surface area contributed by atoms with E-state index in [9.17, 15) is 4.79 Å². The Morgan fingerprint density at radius 2 is 2.27 bits per heavy atom. The van der Waals surface area contributed by atoms with Crippen LogP contribution in [0.15, 0.2) is 12.2 Å². The van der Waals surface area contributed by atoms with Gasteiger partial charge in [-0.1, -0.05) is 19.1 Å². The van der Waals surface area contributed by atoms with Gasteiger partial charge >= 0.3 is 0 Å². The average Bonchev–Trinajstić information content (AvgIpc) is 2.16. The number of carbonyl (C=O) groups is 1. The average molecular weight is 208 g/mol. The minimum absolute atomic E-state index is 0.164. The van der Waals surface area contributed by atoms with E-state index in [0.29, 0.717) is 12.0 Å². The van der Waals surface area contributed by atoms with E-state index in [1.54, 1.807) is 0 Å². The summed E-state index contributed by atoms with van der Waals surface area (Å²) in [6.45, 7) is 4.04. The Hall–Kier alpha value is -0.830. The summed E-state index contributed by atoms with van der Waals surface area (Å²) in [5, 5.41) is 6.36. The molecule has 1 heterocycles. The molecule has 2 atom stereocenters. The smallest absolute Gasteiger partial charge is 0.223 e. The van der Waals surface area contributed by atoms with Crippen LogP contribution in [0.2, 0.25) is 0 Å². The van der Waals surface area contributed by atoms with Crippen LogP contribution in [0.3, 0.4) is 0 Å². The zero-order valence-corrected chi connectivity index (χ0v) is 9.33. The number of carbonyl (C=O) groups excluding carboxylic acids is 1. The molecule has 3 nitrogen and oxygen atoms in total. The number of amides is 1. The second-order valence-electron chi connectivity index (χ2n) is 4.70. The summed E-state index contributed by atoms with van der Waals surface area (Å²) in [5.74, 6) is 0.947. The van der Waals surface area contributed by atoms with Gasteiger partial charge in [-0.25, -0.2) is 0 Å². The lowest BCUT2D eigenvalue weighted by Gasteiger charge is -2.33. The lowest BCUT2D eigenvalue weighted by molar-refractivity contribution is -0.127. The molecular weight excluding hydrogens is 188 g/mol. The predicted octanol–water partition coefficient (Wildman–Crippen LogP) is 1.07. The Labute approximate surface area is 91.3 Å². The van der Waals surface area contributed by atoms with Crippen LogP contribution in [-0.4, -0.2) is 25.0 Å². The van der Waals surface area contributed by atoms with E-state index in [-0.39, 0.29) is 11.8 Å². The van der Waals surface area contributed by atoms with Crippen LogP contribution in [0.4, 0.5) is 0 Å². The molecule has 84 valence electrons. The Bertz CT molecular complexity index is 258.